The monoisotopic (exact) mass is 424 g/mol. The Morgan fingerprint density at radius 3 is 2.78 bits per heavy atom. The number of nitrogens with one attached hydrogen (secondary N) is 2. The second-order valence-corrected chi connectivity index (χ2v) is 9.44. The third-order valence-electron chi connectivity index (χ3n) is 4.59. The predicted octanol–water partition coefficient (Wildman–Crippen LogP) is 1.84. The zero-order chi connectivity index (χ0) is 19.7. The standard InChI is InChI=1S/C16H29N2O7PS/c1-23-26(21,22)25-10-9-24-8-4-6-12(19)5-2-3-7-14-15-13(11-27-14)17-16(20)18-15/h13-15H,2-11H2,1H3,(H,21,22)(H2,17,18,20). The number of phosphoric ester groups is 1. The van der Waals surface area contributed by atoms with Crippen LogP contribution in [0.5, 0.6) is 0 Å². The number of ether oxygens (including phenoxy) is 1. The van der Waals surface area contributed by atoms with Crippen molar-refractivity contribution in [3.63, 3.8) is 0 Å². The number of hydrogen-bond acceptors (Lipinski definition) is 7. The molecule has 0 aliphatic carbocycles. The van der Waals surface area contributed by atoms with E-state index in [0.717, 1.165) is 32.1 Å². The fourth-order valence-electron chi connectivity index (χ4n) is 3.17. The number of phosphoric acid groups is 1. The van der Waals surface area contributed by atoms with Crippen LogP contribution in [0, 0.1) is 0 Å². The number of hydrogen-bond donors (Lipinski definition) is 3. The molecule has 11 heteroatoms. The molecule has 4 atom stereocenters. The fraction of sp³-hybridized carbons (Fsp3) is 0.875. The van der Waals surface area contributed by atoms with Gasteiger partial charge in [-0.2, -0.15) is 11.8 Å². The molecule has 2 rings (SSSR count). The largest absolute Gasteiger partial charge is 0.471 e. The van der Waals surface area contributed by atoms with Gasteiger partial charge in [0, 0.05) is 37.6 Å². The van der Waals surface area contributed by atoms with Gasteiger partial charge in [-0.1, -0.05) is 6.42 Å². The maximum Gasteiger partial charge on any atom is 0.471 e. The number of ketones is 1. The van der Waals surface area contributed by atoms with Crippen molar-refractivity contribution in [1.82, 2.24) is 10.6 Å². The Balaban J connectivity index is 1.42. The lowest BCUT2D eigenvalue weighted by Crippen LogP contribution is -2.36. The van der Waals surface area contributed by atoms with Crippen LogP contribution in [0.3, 0.4) is 0 Å². The minimum absolute atomic E-state index is 0.0352. The molecular weight excluding hydrogens is 395 g/mol. The Kier molecular flexibility index (Phi) is 9.55. The summed E-state index contributed by atoms with van der Waals surface area (Å²) in [6, 6.07) is 0.407. The first-order chi connectivity index (χ1) is 12.9. The van der Waals surface area contributed by atoms with Gasteiger partial charge in [-0.25, -0.2) is 9.36 Å². The smallest absolute Gasteiger partial charge is 0.379 e. The summed E-state index contributed by atoms with van der Waals surface area (Å²) < 4.78 is 25.2. The molecule has 0 bridgehead atoms. The average molecular weight is 424 g/mol. The molecule has 0 spiro atoms. The predicted molar refractivity (Wildman–Crippen MR) is 102 cm³/mol. The van der Waals surface area contributed by atoms with Gasteiger partial charge in [-0.15, -0.1) is 0 Å². The highest BCUT2D eigenvalue weighted by molar-refractivity contribution is 8.00. The summed E-state index contributed by atoms with van der Waals surface area (Å²) >= 11 is 1.89. The molecule has 2 amide bonds. The highest BCUT2D eigenvalue weighted by Gasteiger charge is 2.42. The molecule has 2 aliphatic heterocycles. The highest BCUT2D eigenvalue weighted by Crippen LogP contribution is 2.41. The fourth-order valence-corrected chi connectivity index (χ4v) is 5.13. The van der Waals surface area contributed by atoms with Crippen LogP contribution in [-0.4, -0.2) is 66.7 Å². The molecule has 27 heavy (non-hydrogen) atoms. The van der Waals surface area contributed by atoms with Crippen molar-refractivity contribution in [3.05, 3.63) is 0 Å². The number of thioether (sulfide) groups is 1. The topological polar surface area (TPSA) is 123 Å². The number of rotatable bonds is 14. The van der Waals surface area contributed by atoms with Gasteiger partial charge in [0.25, 0.3) is 0 Å². The van der Waals surface area contributed by atoms with Crippen LogP contribution in [0.25, 0.3) is 0 Å². The lowest BCUT2D eigenvalue weighted by Gasteiger charge is -2.16. The molecule has 2 fully saturated rings. The molecule has 0 aromatic rings. The van der Waals surface area contributed by atoms with E-state index in [2.05, 4.69) is 19.7 Å². The van der Waals surface area contributed by atoms with E-state index < -0.39 is 7.82 Å². The van der Waals surface area contributed by atoms with E-state index in [9.17, 15) is 14.2 Å². The Hall–Kier alpha value is -0.640. The Morgan fingerprint density at radius 1 is 1.22 bits per heavy atom. The molecule has 4 unspecified atom stereocenters. The van der Waals surface area contributed by atoms with Crippen LogP contribution >= 0.6 is 19.6 Å². The van der Waals surface area contributed by atoms with E-state index in [1.807, 2.05) is 11.8 Å². The normalized spacial score (nSPS) is 26.3. The lowest BCUT2D eigenvalue weighted by atomic mass is 10.0. The van der Waals surface area contributed by atoms with Crippen LogP contribution < -0.4 is 10.6 Å². The number of Topliss-reactive ketones (excluding diaryl/α,β-unsaturated/α-hetero) is 1. The van der Waals surface area contributed by atoms with Crippen LogP contribution in [0.4, 0.5) is 4.79 Å². The maximum absolute atomic E-state index is 11.9. The molecule has 0 radical (unpaired) electrons. The third-order valence-corrected chi connectivity index (χ3v) is 7.07. The summed E-state index contributed by atoms with van der Waals surface area (Å²) in [5.41, 5.74) is 0. The SMILES string of the molecule is COP(=O)(O)OCCOCCCC(=O)CCCCC1SCC2NC(=O)NC21. The van der Waals surface area contributed by atoms with Gasteiger partial charge < -0.3 is 20.3 Å². The number of fused-ring (bicyclic) bond motifs is 1. The minimum atomic E-state index is -3.94. The highest BCUT2D eigenvalue weighted by atomic mass is 32.2. The number of amides is 2. The first-order valence-corrected chi connectivity index (χ1v) is 11.8. The van der Waals surface area contributed by atoms with Crippen LogP contribution in [0.15, 0.2) is 0 Å². The molecule has 156 valence electrons. The van der Waals surface area contributed by atoms with Crippen molar-refractivity contribution in [2.75, 3.05) is 32.7 Å². The Morgan fingerprint density at radius 2 is 2.00 bits per heavy atom. The van der Waals surface area contributed by atoms with Gasteiger partial charge >= 0.3 is 13.9 Å². The van der Waals surface area contributed by atoms with Gasteiger partial charge in [-0.05, 0) is 19.3 Å². The summed E-state index contributed by atoms with van der Waals surface area (Å²) in [4.78, 5) is 32.2. The number of carbonyl (C=O) groups excluding carboxylic acids is 2. The quantitative estimate of drug-likeness (QED) is 0.219. The average Bonchev–Trinajstić information content (AvgIpc) is 3.17. The first-order valence-electron chi connectivity index (χ1n) is 9.22. The Bertz CT molecular complexity index is 551. The van der Waals surface area contributed by atoms with Crippen LogP contribution in [0.1, 0.15) is 38.5 Å². The van der Waals surface area contributed by atoms with E-state index in [1.165, 1.54) is 0 Å². The number of carbonyl (C=O) groups is 2. The minimum Gasteiger partial charge on any atom is -0.379 e. The van der Waals surface area contributed by atoms with Crippen LogP contribution in [0.2, 0.25) is 0 Å². The summed E-state index contributed by atoms with van der Waals surface area (Å²) in [5, 5.41) is 6.34. The molecule has 2 saturated heterocycles. The third kappa shape index (κ3) is 8.09. The molecule has 2 heterocycles. The van der Waals surface area contributed by atoms with Gasteiger partial charge in [-0.3, -0.25) is 13.8 Å². The van der Waals surface area contributed by atoms with E-state index in [0.29, 0.717) is 31.1 Å². The molecule has 9 nitrogen and oxygen atoms in total. The number of unbranched alkanes of at least 4 members (excludes halogenated alkanes) is 1. The van der Waals surface area contributed by atoms with Crippen molar-refractivity contribution in [2.45, 2.75) is 55.9 Å². The van der Waals surface area contributed by atoms with E-state index in [1.54, 1.807) is 0 Å². The maximum atomic E-state index is 11.9. The molecule has 2 aliphatic rings. The Labute approximate surface area is 163 Å². The van der Waals surface area contributed by atoms with Gasteiger partial charge in [0.05, 0.1) is 25.3 Å². The molecule has 3 N–H and O–H groups in total. The van der Waals surface area contributed by atoms with Gasteiger partial charge in [0.2, 0.25) is 0 Å². The van der Waals surface area contributed by atoms with Crippen LogP contribution in [-0.2, 0) is 23.1 Å². The van der Waals surface area contributed by atoms with Gasteiger partial charge in [0.1, 0.15) is 5.78 Å². The summed E-state index contributed by atoms with van der Waals surface area (Å²) in [5.74, 6) is 1.18. The zero-order valence-corrected chi connectivity index (χ0v) is 17.3. The second-order valence-electron chi connectivity index (χ2n) is 6.61. The van der Waals surface area contributed by atoms with Crippen molar-refractivity contribution in [2.24, 2.45) is 0 Å². The second kappa shape index (κ2) is 11.4. The molecular formula is C16H29N2O7PS. The first kappa shape index (κ1) is 22.6. The van der Waals surface area contributed by atoms with Crippen molar-refractivity contribution in [1.29, 1.82) is 0 Å². The van der Waals surface area contributed by atoms with E-state index in [4.69, 9.17) is 9.63 Å². The zero-order valence-electron chi connectivity index (χ0n) is 15.6. The van der Waals surface area contributed by atoms with E-state index >= 15 is 0 Å². The molecule has 0 aromatic carbocycles. The van der Waals surface area contributed by atoms with E-state index in [-0.39, 0.29) is 37.1 Å². The number of urea groups is 1. The van der Waals surface area contributed by atoms with Crippen molar-refractivity contribution < 1.29 is 32.8 Å². The summed E-state index contributed by atoms with van der Waals surface area (Å²) in [6.07, 6.45) is 4.53. The summed E-state index contributed by atoms with van der Waals surface area (Å²) in [6.45, 7) is 0.549. The molecule has 0 saturated carbocycles. The van der Waals surface area contributed by atoms with Gasteiger partial charge in [0.15, 0.2) is 0 Å². The molecule has 0 aromatic heterocycles. The van der Waals surface area contributed by atoms with Crippen molar-refractivity contribution in [3.8, 4) is 0 Å². The lowest BCUT2D eigenvalue weighted by molar-refractivity contribution is -0.119. The van der Waals surface area contributed by atoms with Crippen molar-refractivity contribution >= 4 is 31.4 Å². The summed E-state index contributed by atoms with van der Waals surface area (Å²) in [7, 11) is -2.84.